The molecule has 0 radical (unpaired) electrons. The van der Waals surface area contributed by atoms with Crippen LogP contribution in [0.3, 0.4) is 0 Å². The topological polar surface area (TPSA) is 85.6 Å². The normalized spacial score (nSPS) is 10.3. The molecule has 1 heterocycles. The van der Waals surface area contributed by atoms with Crippen molar-refractivity contribution in [1.29, 1.82) is 0 Å². The van der Waals surface area contributed by atoms with E-state index in [0.29, 0.717) is 23.1 Å². The van der Waals surface area contributed by atoms with Crippen molar-refractivity contribution in [2.45, 2.75) is 0 Å². The Morgan fingerprint density at radius 3 is 2.57 bits per heavy atom. The van der Waals surface area contributed by atoms with Crippen LogP contribution in [0, 0.1) is 10.1 Å². The maximum atomic E-state index is 12.6. The van der Waals surface area contributed by atoms with Crippen molar-refractivity contribution in [2.24, 2.45) is 0 Å². The highest BCUT2D eigenvalue weighted by molar-refractivity contribution is 7.14. The van der Waals surface area contributed by atoms with Crippen molar-refractivity contribution in [3.8, 4) is 17.0 Å². The van der Waals surface area contributed by atoms with Crippen LogP contribution in [0.5, 0.6) is 5.75 Å². The van der Waals surface area contributed by atoms with Gasteiger partial charge < -0.3 is 4.74 Å². The quantitative estimate of drug-likeness (QED) is 0.322. The Labute approximate surface area is 165 Å². The third-order valence-electron chi connectivity index (χ3n) is 3.82. The highest BCUT2D eigenvalue weighted by Crippen LogP contribution is 2.28. The second kappa shape index (κ2) is 8.92. The van der Waals surface area contributed by atoms with Gasteiger partial charge in [0.05, 0.1) is 10.6 Å². The predicted octanol–water partition coefficient (Wildman–Crippen LogP) is 4.32. The third kappa shape index (κ3) is 4.60. The molecule has 0 N–H and O–H groups in total. The molecule has 142 valence electrons. The van der Waals surface area contributed by atoms with Crippen LogP contribution in [-0.4, -0.2) is 29.0 Å². The molecule has 0 unspecified atom stereocenters. The van der Waals surface area contributed by atoms with E-state index >= 15 is 0 Å². The molecule has 3 rings (SSSR count). The molecule has 1 aromatic heterocycles. The molecule has 0 fully saturated rings. The minimum atomic E-state index is -0.451. The molecule has 0 bridgehead atoms. The molecule has 0 aliphatic rings. The Morgan fingerprint density at radius 2 is 1.93 bits per heavy atom. The minimum Gasteiger partial charge on any atom is -0.484 e. The highest BCUT2D eigenvalue weighted by Gasteiger charge is 2.19. The van der Waals surface area contributed by atoms with Gasteiger partial charge in [-0.2, -0.15) is 0 Å². The van der Waals surface area contributed by atoms with Gasteiger partial charge in [0.1, 0.15) is 5.75 Å². The van der Waals surface area contributed by atoms with Crippen molar-refractivity contribution in [1.82, 2.24) is 4.98 Å². The molecular weight excluding hydrogens is 378 g/mol. The zero-order valence-corrected chi connectivity index (χ0v) is 15.7. The van der Waals surface area contributed by atoms with E-state index in [1.165, 1.54) is 28.4 Å². The number of aromatic nitrogens is 1. The van der Waals surface area contributed by atoms with Gasteiger partial charge in [-0.1, -0.05) is 24.3 Å². The number of carbonyl (C=O) groups is 1. The first-order valence-corrected chi connectivity index (χ1v) is 9.26. The summed E-state index contributed by atoms with van der Waals surface area (Å²) in [7, 11) is 0. The first kappa shape index (κ1) is 19.2. The lowest BCUT2D eigenvalue weighted by Crippen LogP contribution is -2.35. The Hall–Kier alpha value is -3.52. The smallest absolute Gasteiger partial charge is 0.269 e. The van der Waals surface area contributed by atoms with E-state index < -0.39 is 4.92 Å². The lowest BCUT2D eigenvalue weighted by atomic mass is 10.1. The van der Waals surface area contributed by atoms with Crippen molar-refractivity contribution in [3.05, 3.63) is 82.7 Å². The predicted molar refractivity (Wildman–Crippen MR) is 109 cm³/mol. The number of carbonyl (C=O) groups excluding carboxylic acids is 1. The first-order chi connectivity index (χ1) is 13.6. The van der Waals surface area contributed by atoms with Gasteiger partial charge in [0.25, 0.3) is 11.6 Å². The number of thiazole rings is 1. The molecule has 0 aliphatic heterocycles. The van der Waals surface area contributed by atoms with E-state index in [0.717, 1.165) is 5.56 Å². The average Bonchev–Trinajstić information content (AvgIpc) is 3.21. The van der Waals surface area contributed by atoms with Crippen LogP contribution in [0.2, 0.25) is 0 Å². The molecule has 0 saturated heterocycles. The molecule has 0 spiro atoms. The summed E-state index contributed by atoms with van der Waals surface area (Å²) in [5.41, 5.74) is 1.39. The zero-order chi connectivity index (χ0) is 19.9. The molecule has 0 atom stereocenters. The Kier molecular flexibility index (Phi) is 6.13. The molecule has 0 aliphatic carbocycles. The lowest BCUT2D eigenvalue weighted by Gasteiger charge is -2.18. The number of para-hydroxylation sites is 1. The molecule has 3 aromatic rings. The number of non-ortho nitro benzene ring substituents is 1. The van der Waals surface area contributed by atoms with E-state index in [1.807, 2.05) is 18.2 Å². The van der Waals surface area contributed by atoms with Gasteiger partial charge >= 0.3 is 0 Å². The number of anilines is 1. The fourth-order valence-corrected chi connectivity index (χ4v) is 3.29. The minimum absolute atomic E-state index is 0.0146. The number of amides is 1. The number of hydrogen-bond acceptors (Lipinski definition) is 6. The number of hydrogen-bond donors (Lipinski definition) is 0. The number of nitro groups is 1. The van der Waals surface area contributed by atoms with E-state index in [-0.39, 0.29) is 18.2 Å². The summed E-state index contributed by atoms with van der Waals surface area (Å²) in [4.78, 5) is 28.9. The first-order valence-electron chi connectivity index (χ1n) is 8.38. The molecule has 0 saturated carbocycles. The summed E-state index contributed by atoms with van der Waals surface area (Å²) in [6.07, 6.45) is 1.62. The van der Waals surface area contributed by atoms with E-state index in [9.17, 15) is 14.9 Å². The van der Waals surface area contributed by atoms with Crippen LogP contribution in [0.4, 0.5) is 10.8 Å². The van der Waals surface area contributed by atoms with Crippen LogP contribution in [0.25, 0.3) is 11.3 Å². The summed E-state index contributed by atoms with van der Waals surface area (Å²) in [5.74, 6) is 0.369. The Bertz CT molecular complexity index is 971. The maximum Gasteiger partial charge on any atom is 0.269 e. The van der Waals surface area contributed by atoms with Crippen LogP contribution >= 0.6 is 11.3 Å². The maximum absolute atomic E-state index is 12.6. The lowest BCUT2D eigenvalue weighted by molar-refractivity contribution is -0.384. The number of nitrogens with zero attached hydrogens (tertiary/aromatic N) is 3. The van der Waals surface area contributed by atoms with Crippen LogP contribution < -0.4 is 9.64 Å². The van der Waals surface area contributed by atoms with Crippen LogP contribution in [0.1, 0.15) is 0 Å². The van der Waals surface area contributed by atoms with E-state index in [2.05, 4.69) is 11.6 Å². The van der Waals surface area contributed by atoms with Gasteiger partial charge in [-0.3, -0.25) is 19.8 Å². The fraction of sp³-hybridized carbons (Fsp3) is 0.100. The van der Waals surface area contributed by atoms with Gasteiger partial charge in [-0.05, 0) is 24.3 Å². The highest BCUT2D eigenvalue weighted by atomic mass is 32.1. The van der Waals surface area contributed by atoms with Gasteiger partial charge in [0.15, 0.2) is 11.7 Å². The SMILES string of the molecule is C=CCN(C(=O)COc1ccccc1)c1nc(-c2ccc([N+](=O)[O-])cc2)cs1. The second-order valence-electron chi connectivity index (χ2n) is 5.71. The molecule has 1 amide bonds. The summed E-state index contributed by atoms with van der Waals surface area (Å²) in [6, 6.07) is 15.2. The summed E-state index contributed by atoms with van der Waals surface area (Å²) in [6.45, 7) is 3.87. The summed E-state index contributed by atoms with van der Waals surface area (Å²) in [5, 5.41) is 13.1. The van der Waals surface area contributed by atoms with Crippen molar-refractivity contribution < 1.29 is 14.5 Å². The van der Waals surface area contributed by atoms with Crippen LogP contribution in [0.15, 0.2) is 72.6 Å². The van der Waals surface area contributed by atoms with E-state index in [4.69, 9.17) is 4.74 Å². The third-order valence-corrected chi connectivity index (χ3v) is 4.68. The second-order valence-corrected chi connectivity index (χ2v) is 6.55. The van der Waals surface area contributed by atoms with Gasteiger partial charge in [-0.15, -0.1) is 17.9 Å². The molecule has 28 heavy (non-hydrogen) atoms. The van der Waals surface area contributed by atoms with Gasteiger partial charge in [0.2, 0.25) is 0 Å². The van der Waals surface area contributed by atoms with Crippen molar-refractivity contribution in [2.75, 3.05) is 18.1 Å². The number of benzene rings is 2. The number of rotatable bonds is 8. The van der Waals surface area contributed by atoms with Crippen molar-refractivity contribution in [3.63, 3.8) is 0 Å². The van der Waals surface area contributed by atoms with Gasteiger partial charge in [0, 0.05) is 29.6 Å². The zero-order valence-electron chi connectivity index (χ0n) is 14.9. The monoisotopic (exact) mass is 395 g/mol. The summed E-state index contributed by atoms with van der Waals surface area (Å²) >= 11 is 1.31. The van der Waals surface area contributed by atoms with Crippen LogP contribution in [-0.2, 0) is 4.79 Å². The number of nitro benzene ring substituents is 1. The summed E-state index contributed by atoms with van der Waals surface area (Å²) < 4.78 is 5.53. The Balaban J connectivity index is 1.74. The largest absolute Gasteiger partial charge is 0.484 e. The van der Waals surface area contributed by atoms with Gasteiger partial charge in [-0.25, -0.2) is 4.98 Å². The number of ether oxygens (including phenoxy) is 1. The van der Waals surface area contributed by atoms with Crippen molar-refractivity contribution >= 4 is 28.1 Å². The molecule has 8 heteroatoms. The van der Waals surface area contributed by atoms with E-state index in [1.54, 1.807) is 35.7 Å². The molecule has 7 nitrogen and oxygen atoms in total. The standard InChI is InChI=1S/C20H17N3O4S/c1-2-12-22(19(24)13-27-17-6-4-3-5-7-17)20-21-18(14-28-20)15-8-10-16(11-9-15)23(25)26/h2-11,14H,1,12-13H2. The molecule has 2 aromatic carbocycles. The fourth-order valence-electron chi connectivity index (χ4n) is 2.43. The Morgan fingerprint density at radius 1 is 1.21 bits per heavy atom. The average molecular weight is 395 g/mol. The molecular formula is C20H17N3O4S.